The largest absolute Gasteiger partial charge is 0.493 e. The summed E-state index contributed by atoms with van der Waals surface area (Å²) in [6, 6.07) is 3.59. The molecule has 2 N–H and O–H groups in total. The Labute approximate surface area is 158 Å². The van der Waals surface area contributed by atoms with E-state index in [0.29, 0.717) is 48.4 Å². The van der Waals surface area contributed by atoms with Crippen LogP contribution in [0.4, 0.5) is 11.8 Å². The number of fused-ring (bicyclic) bond motifs is 1. The Morgan fingerprint density at radius 1 is 1.11 bits per heavy atom. The summed E-state index contributed by atoms with van der Waals surface area (Å²) in [4.78, 5) is 25.2. The molecule has 0 spiro atoms. The Kier molecular flexibility index (Phi) is 5.63. The summed E-state index contributed by atoms with van der Waals surface area (Å²) < 4.78 is 10.7. The van der Waals surface area contributed by atoms with E-state index in [0.717, 1.165) is 18.4 Å². The van der Waals surface area contributed by atoms with Crippen LogP contribution in [0.15, 0.2) is 24.3 Å². The van der Waals surface area contributed by atoms with Crippen LogP contribution in [0.25, 0.3) is 10.9 Å². The van der Waals surface area contributed by atoms with Gasteiger partial charge in [0.05, 0.1) is 19.7 Å². The van der Waals surface area contributed by atoms with Gasteiger partial charge in [0.2, 0.25) is 11.9 Å². The van der Waals surface area contributed by atoms with E-state index in [1.807, 2.05) is 11.8 Å². The van der Waals surface area contributed by atoms with Crippen LogP contribution in [0.3, 0.4) is 0 Å². The molecule has 0 saturated carbocycles. The lowest BCUT2D eigenvalue weighted by Gasteiger charge is -2.22. The Morgan fingerprint density at radius 2 is 1.85 bits per heavy atom. The molecule has 27 heavy (non-hydrogen) atoms. The number of methoxy groups -OCH3 is 2. The number of aromatic nitrogens is 2. The standard InChI is InChI=1S/C19H25N5O3/c1-4-6-17(25)23-7-5-8-24(10-9-23)19-21-14-12-16(27-3)15(26-2)11-13(14)18(20)22-19/h4,6,11-12H,5,7-10H2,1-3H3,(H2,20,21,22)/b6-4+. The maximum Gasteiger partial charge on any atom is 0.246 e. The number of ether oxygens (including phenoxy) is 2. The molecule has 1 aliphatic heterocycles. The summed E-state index contributed by atoms with van der Waals surface area (Å²) in [6.07, 6.45) is 4.20. The highest BCUT2D eigenvalue weighted by molar-refractivity contribution is 5.92. The number of carbonyl (C=O) groups excluding carboxylic acids is 1. The van der Waals surface area contributed by atoms with Crippen LogP contribution in [0.1, 0.15) is 13.3 Å². The van der Waals surface area contributed by atoms with Crippen molar-refractivity contribution < 1.29 is 14.3 Å². The van der Waals surface area contributed by atoms with Crippen molar-refractivity contribution in [3.8, 4) is 11.5 Å². The van der Waals surface area contributed by atoms with Crippen molar-refractivity contribution >= 4 is 28.6 Å². The van der Waals surface area contributed by atoms with Gasteiger partial charge in [0.25, 0.3) is 0 Å². The summed E-state index contributed by atoms with van der Waals surface area (Å²) >= 11 is 0. The summed E-state index contributed by atoms with van der Waals surface area (Å²) in [5, 5.41) is 0.719. The molecular weight excluding hydrogens is 346 g/mol. The number of benzene rings is 1. The first-order valence-electron chi connectivity index (χ1n) is 8.93. The van der Waals surface area contributed by atoms with Gasteiger partial charge in [-0.3, -0.25) is 4.79 Å². The zero-order chi connectivity index (χ0) is 19.4. The lowest BCUT2D eigenvalue weighted by atomic mass is 10.2. The molecule has 1 fully saturated rings. The van der Waals surface area contributed by atoms with Crippen molar-refractivity contribution in [1.29, 1.82) is 0 Å². The quantitative estimate of drug-likeness (QED) is 0.820. The molecule has 0 radical (unpaired) electrons. The van der Waals surface area contributed by atoms with E-state index in [4.69, 9.17) is 15.2 Å². The molecule has 2 aromatic rings. The van der Waals surface area contributed by atoms with Crippen molar-refractivity contribution in [1.82, 2.24) is 14.9 Å². The number of hydrogen-bond donors (Lipinski definition) is 1. The van der Waals surface area contributed by atoms with Crippen LogP contribution in [0.2, 0.25) is 0 Å². The van der Waals surface area contributed by atoms with E-state index < -0.39 is 0 Å². The lowest BCUT2D eigenvalue weighted by Crippen LogP contribution is -2.34. The minimum atomic E-state index is 0.0372. The van der Waals surface area contributed by atoms with Gasteiger partial charge in [-0.25, -0.2) is 4.98 Å². The van der Waals surface area contributed by atoms with Gasteiger partial charge in [0, 0.05) is 37.6 Å². The molecule has 1 aliphatic rings. The first-order chi connectivity index (χ1) is 13.1. The zero-order valence-electron chi connectivity index (χ0n) is 15.9. The van der Waals surface area contributed by atoms with Crippen LogP contribution in [0.5, 0.6) is 11.5 Å². The van der Waals surface area contributed by atoms with E-state index in [9.17, 15) is 4.79 Å². The molecule has 2 heterocycles. The van der Waals surface area contributed by atoms with Gasteiger partial charge in [-0.1, -0.05) is 6.08 Å². The van der Waals surface area contributed by atoms with Crippen molar-refractivity contribution in [2.45, 2.75) is 13.3 Å². The predicted octanol–water partition coefficient (Wildman–Crippen LogP) is 1.84. The molecule has 8 nitrogen and oxygen atoms in total. The Balaban J connectivity index is 1.89. The maximum absolute atomic E-state index is 12.1. The first kappa shape index (κ1) is 18.8. The number of anilines is 2. The average Bonchev–Trinajstić information content (AvgIpc) is 2.93. The van der Waals surface area contributed by atoms with E-state index in [2.05, 4.69) is 14.9 Å². The number of rotatable bonds is 4. The first-order valence-corrected chi connectivity index (χ1v) is 8.93. The summed E-state index contributed by atoms with van der Waals surface area (Å²) in [7, 11) is 3.16. The minimum Gasteiger partial charge on any atom is -0.493 e. The van der Waals surface area contributed by atoms with Crippen molar-refractivity contribution in [3.05, 3.63) is 24.3 Å². The molecule has 0 unspecified atom stereocenters. The highest BCUT2D eigenvalue weighted by Crippen LogP contribution is 2.34. The van der Waals surface area contributed by atoms with E-state index >= 15 is 0 Å². The SMILES string of the molecule is C/C=C/C(=O)N1CCCN(c2nc(N)c3cc(OC)c(OC)cc3n2)CC1. The maximum atomic E-state index is 12.1. The van der Waals surface area contributed by atoms with Crippen LogP contribution in [-0.2, 0) is 4.79 Å². The second-order valence-electron chi connectivity index (χ2n) is 6.30. The number of nitrogens with zero attached hydrogens (tertiary/aromatic N) is 4. The monoisotopic (exact) mass is 371 g/mol. The summed E-state index contributed by atoms with van der Waals surface area (Å²) in [6.45, 7) is 4.60. The second kappa shape index (κ2) is 8.11. The highest BCUT2D eigenvalue weighted by atomic mass is 16.5. The fourth-order valence-electron chi connectivity index (χ4n) is 3.19. The third-order valence-corrected chi connectivity index (χ3v) is 4.62. The van der Waals surface area contributed by atoms with Crippen LogP contribution >= 0.6 is 0 Å². The molecule has 3 rings (SSSR count). The molecule has 1 saturated heterocycles. The van der Waals surface area contributed by atoms with Gasteiger partial charge in [0.1, 0.15) is 5.82 Å². The van der Waals surface area contributed by atoms with Crippen LogP contribution in [-0.4, -0.2) is 61.2 Å². The van der Waals surface area contributed by atoms with Crippen molar-refractivity contribution in [3.63, 3.8) is 0 Å². The molecule has 1 aromatic carbocycles. The normalized spacial score (nSPS) is 15.2. The molecule has 1 amide bonds. The number of hydrogen-bond acceptors (Lipinski definition) is 7. The minimum absolute atomic E-state index is 0.0372. The van der Waals surface area contributed by atoms with Gasteiger partial charge >= 0.3 is 0 Å². The molecule has 0 bridgehead atoms. The molecule has 1 aromatic heterocycles. The topological polar surface area (TPSA) is 93.8 Å². The van der Waals surface area contributed by atoms with Gasteiger partial charge in [-0.15, -0.1) is 0 Å². The Morgan fingerprint density at radius 3 is 2.56 bits per heavy atom. The number of carbonyl (C=O) groups is 1. The number of nitrogen functional groups attached to an aromatic ring is 1. The van der Waals surface area contributed by atoms with Crippen molar-refractivity contribution in [2.24, 2.45) is 0 Å². The summed E-state index contributed by atoms with van der Waals surface area (Å²) in [5.41, 5.74) is 6.88. The van der Waals surface area contributed by atoms with Gasteiger partial charge in [-0.2, -0.15) is 4.98 Å². The molecule has 144 valence electrons. The molecule has 0 atom stereocenters. The van der Waals surface area contributed by atoms with Crippen molar-refractivity contribution in [2.75, 3.05) is 51.0 Å². The number of nitrogens with two attached hydrogens (primary N) is 1. The van der Waals surface area contributed by atoms with E-state index in [1.165, 1.54) is 0 Å². The fourth-order valence-corrected chi connectivity index (χ4v) is 3.19. The van der Waals surface area contributed by atoms with Gasteiger partial charge in [0.15, 0.2) is 11.5 Å². The Hall–Kier alpha value is -3.03. The van der Waals surface area contributed by atoms with Crippen LogP contribution < -0.4 is 20.1 Å². The fraction of sp³-hybridized carbons (Fsp3) is 0.421. The molecule has 8 heteroatoms. The Bertz CT molecular complexity index is 868. The van der Waals surface area contributed by atoms with E-state index in [-0.39, 0.29) is 5.91 Å². The van der Waals surface area contributed by atoms with E-state index in [1.54, 1.807) is 38.5 Å². The third-order valence-electron chi connectivity index (χ3n) is 4.62. The summed E-state index contributed by atoms with van der Waals surface area (Å²) in [5.74, 6) is 2.17. The smallest absolute Gasteiger partial charge is 0.246 e. The second-order valence-corrected chi connectivity index (χ2v) is 6.30. The number of amides is 1. The average molecular weight is 371 g/mol. The highest BCUT2D eigenvalue weighted by Gasteiger charge is 2.20. The van der Waals surface area contributed by atoms with Gasteiger partial charge < -0.3 is 25.0 Å². The van der Waals surface area contributed by atoms with Crippen LogP contribution in [0, 0.1) is 0 Å². The lowest BCUT2D eigenvalue weighted by molar-refractivity contribution is -0.125. The molecular formula is C19H25N5O3. The molecule has 0 aliphatic carbocycles. The van der Waals surface area contributed by atoms with Gasteiger partial charge in [-0.05, 0) is 25.5 Å². The predicted molar refractivity (Wildman–Crippen MR) is 105 cm³/mol. The number of allylic oxidation sites excluding steroid dienone is 1. The zero-order valence-corrected chi connectivity index (χ0v) is 15.9. The third kappa shape index (κ3) is 3.89.